The van der Waals surface area contributed by atoms with Crippen LogP contribution >= 0.6 is 11.6 Å². The zero-order valence-electron chi connectivity index (χ0n) is 12.8. The molecule has 1 heterocycles. The minimum Gasteiger partial charge on any atom is -0.415 e. The number of nitrogens with zero attached hydrogens (tertiary/aromatic N) is 1. The molecule has 1 aromatic rings. The lowest BCUT2D eigenvalue weighted by molar-refractivity contribution is 0.0941. The number of carbonyl (C=O) groups excluding carboxylic acids is 1. The molecule has 0 bridgehead atoms. The van der Waals surface area contributed by atoms with Crippen LogP contribution in [-0.2, 0) is 4.43 Å². The molecule has 0 aromatic carbocycles. The second-order valence-electron chi connectivity index (χ2n) is 6.20. The topological polar surface area (TPSA) is 51.2 Å². The summed E-state index contributed by atoms with van der Waals surface area (Å²) in [5, 5.41) is 3.30. The molecule has 112 valence electrons. The van der Waals surface area contributed by atoms with Crippen molar-refractivity contribution in [3.63, 3.8) is 0 Å². The Morgan fingerprint density at radius 3 is 2.65 bits per heavy atom. The number of carbonyl (C=O) groups is 1. The minimum absolute atomic E-state index is 0.168. The van der Waals surface area contributed by atoms with Crippen LogP contribution in [0.5, 0.6) is 0 Å². The van der Waals surface area contributed by atoms with E-state index in [1.165, 1.54) is 0 Å². The average Bonchev–Trinajstić information content (AvgIpc) is 2.33. The molecule has 0 spiro atoms. The van der Waals surface area contributed by atoms with E-state index in [1.54, 1.807) is 18.3 Å². The molecule has 1 rings (SSSR count). The molecule has 6 heteroatoms. The van der Waals surface area contributed by atoms with Crippen molar-refractivity contribution in [2.45, 2.75) is 38.9 Å². The van der Waals surface area contributed by atoms with E-state index in [0.29, 0.717) is 18.2 Å². The molecule has 4 nitrogen and oxygen atoms in total. The lowest BCUT2D eigenvalue weighted by Crippen LogP contribution is -2.42. The first-order chi connectivity index (χ1) is 9.15. The van der Waals surface area contributed by atoms with Gasteiger partial charge in [0.05, 0.1) is 11.6 Å². The van der Waals surface area contributed by atoms with E-state index >= 15 is 0 Å². The summed E-state index contributed by atoms with van der Waals surface area (Å²) in [5.74, 6) is -0.269. The number of halogens is 1. The van der Waals surface area contributed by atoms with Crippen LogP contribution in [-0.4, -0.2) is 32.4 Å². The fourth-order valence-electron chi connectivity index (χ4n) is 1.32. The Bertz CT molecular complexity index is 472. The second-order valence-corrected chi connectivity index (χ2v) is 11.4. The number of pyridine rings is 1. The molecule has 1 aromatic heterocycles. The Kier molecular flexibility index (Phi) is 5.74. The highest BCUT2D eigenvalue weighted by molar-refractivity contribution is 6.74. The monoisotopic (exact) mass is 314 g/mol. The molecule has 20 heavy (non-hydrogen) atoms. The maximum absolute atomic E-state index is 11.9. The quantitative estimate of drug-likeness (QED) is 0.668. The van der Waals surface area contributed by atoms with Gasteiger partial charge in [0, 0.05) is 12.7 Å². The fourth-order valence-corrected chi connectivity index (χ4v) is 2.58. The van der Waals surface area contributed by atoms with Crippen molar-refractivity contribution in [3.05, 3.63) is 29.0 Å². The van der Waals surface area contributed by atoms with Gasteiger partial charge in [-0.3, -0.25) is 4.79 Å². The van der Waals surface area contributed by atoms with Gasteiger partial charge in [-0.2, -0.15) is 0 Å². The standard InChI is InChI=1S/C14H23ClN2O2Si/c1-14(2,3)20(4,5)19-10-9-17-13(18)12-11(15)7-6-8-16-12/h6-8H,9-10H2,1-5H3,(H,17,18). The van der Waals surface area contributed by atoms with E-state index in [9.17, 15) is 4.79 Å². The van der Waals surface area contributed by atoms with Crippen molar-refractivity contribution < 1.29 is 9.22 Å². The number of aromatic nitrogens is 1. The summed E-state index contributed by atoms with van der Waals surface area (Å²) in [6.07, 6.45) is 1.55. The number of amides is 1. The maximum atomic E-state index is 11.9. The predicted molar refractivity (Wildman–Crippen MR) is 84.7 cm³/mol. The molecule has 0 saturated heterocycles. The molecule has 0 aliphatic carbocycles. The Morgan fingerprint density at radius 1 is 1.45 bits per heavy atom. The molecule has 1 N–H and O–H groups in total. The van der Waals surface area contributed by atoms with Crippen LogP contribution in [0.25, 0.3) is 0 Å². The van der Waals surface area contributed by atoms with E-state index in [-0.39, 0.29) is 16.6 Å². The third kappa shape index (κ3) is 4.58. The van der Waals surface area contributed by atoms with E-state index < -0.39 is 8.32 Å². The number of hydrogen-bond donors (Lipinski definition) is 1. The third-order valence-corrected chi connectivity index (χ3v) is 8.47. The van der Waals surface area contributed by atoms with Crippen molar-refractivity contribution in [1.29, 1.82) is 0 Å². The van der Waals surface area contributed by atoms with Crippen LogP contribution < -0.4 is 5.32 Å². The van der Waals surface area contributed by atoms with E-state index in [1.807, 2.05) is 0 Å². The molecule has 0 atom stereocenters. The predicted octanol–water partition coefficient (Wildman–Crippen LogP) is 3.49. The Balaban J connectivity index is 2.43. The largest absolute Gasteiger partial charge is 0.415 e. The second kappa shape index (κ2) is 6.69. The first-order valence-corrected chi connectivity index (χ1v) is 9.96. The SMILES string of the molecule is CC(C)(C)[Si](C)(C)OCCNC(=O)c1ncccc1Cl. The first-order valence-electron chi connectivity index (χ1n) is 6.68. The van der Waals surface area contributed by atoms with Crippen molar-refractivity contribution >= 4 is 25.8 Å². The zero-order valence-corrected chi connectivity index (χ0v) is 14.5. The number of rotatable bonds is 5. The Hall–Kier alpha value is -0.913. The molecule has 0 radical (unpaired) electrons. The molecule has 1 amide bonds. The first kappa shape index (κ1) is 17.1. The normalized spacial score (nSPS) is 12.3. The van der Waals surface area contributed by atoms with Gasteiger partial charge in [0.15, 0.2) is 8.32 Å². The van der Waals surface area contributed by atoms with Crippen LogP contribution in [0.3, 0.4) is 0 Å². The van der Waals surface area contributed by atoms with Crippen LogP contribution in [0.4, 0.5) is 0 Å². The number of nitrogens with one attached hydrogen (secondary N) is 1. The lowest BCUT2D eigenvalue weighted by atomic mass is 10.2. The molecule has 0 aliphatic heterocycles. The highest BCUT2D eigenvalue weighted by Gasteiger charge is 2.36. The summed E-state index contributed by atoms with van der Waals surface area (Å²) >= 11 is 5.92. The van der Waals surface area contributed by atoms with E-state index in [2.05, 4.69) is 44.2 Å². The molecular formula is C14H23ClN2O2Si. The van der Waals surface area contributed by atoms with Crippen LogP contribution in [0.15, 0.2) is 18.3 Å². The van der Waals surface area contributed by atoms with E-state index in [0.717, 1.165) is 0 Å². The van der Waals surface area contributed by atoms with Gasteiger partial charge in [-0.1, -0.05) is 32.4 Å². The van der Waals surface area contributed by atoms with Crippen LogP contribution in [0.1, 0.15) is 31.3 Å². The Labute approximate surface area is 127 Å². The third-order valence-electron chi connectivity index (χ3n) is 3.63. The lowest BCUT2D eigenvalue weighted by Gasteiger charge is -2.36. The van der Waals surface area contributed by atoms with E-state index in [4.69, 9.17) is 16.0 Å². The zero-order chi connectivity index (χ0) is 15.4. The summed E-state index contributed by atoms with van der Waals surface area (Å²) < 4.78 is 5.98. The molecular weight excluding hydrogens is 292 g/mol. The number of hydrogen-bond acceptors (Lipinski definition) is 3. The highest BCUT2D eigenvalue weighted by atomic mass is 35.5. The van der Waals surface area contributed by atoms with Gasteiger partial charge in [-0.25, -0.2) is 4.98 Å². The minimum atomic E-state index is -1.76. The maximum Gasteiger partial charge on any atom is 0.271 e. The molecule has 0 fully saturated rings. The van der Waals surface area contributed by atoms with Gasteiger partial charge >= 0.3 is 0 Å². The average molecular weight is 315 g/mol. The van der Waals surface area contributed by atoms with Crippen molar-refractivity contribution in [2.24, 2.45) is 0 Å². The van der Waals surface area contributed by atoms with Gasteiger partial charge in [0.2, 0.25) is 0 Å². The summed E-state index contributed by atoms with van der Waals surface area (Å²) in [6.45, 7) is 11.9. The summed E-state index contributed by atoms with van der Waals surface area (Å²) in [4.78, 5) is 15.9. The van der Waals surface area contributed by atoms with Gasteiger partial charge < -0.3 is 9.74 Å². The summed E-state index contributed by atoms with van der Waals surface area (Å²) in [5.41, 5.74) is 0.251. The van der Waals surface area contributed by atoms with Crippen LogP contribution in [0.2, 0.25) is 23.2 Å². The summed E-state index contributed by atoms with van der Waals surface area (Å²) in [6, 6.07) is 3.34. The van der Waals surface area contributed by atoms with Gasteiger partial charge in [0.25, 0.3) is 5.91 Å². The van der Waals surface area contributed by atoms with Gasteiger partial charge in [-0.15, -0.1) is 0 Å². The van der Waals surface area contributed by atoms with Crippen molar-refractivity contribution in [2.75, 3.05) is 13.2 Å². The molecule has 0 unspecified atom stereocenters. The Morgan fingerprint density at radius 2 is 2.10 bits per heavy atom. The highest BCUT2D eigenvalue weighted by Crippen LogP contribution is 2.36. The molecule has 0 saturated carbocycles. The van der Waals surface area contributed by atoms with Crippen molar-refractivity contribution in [1.82, 2.24) is 10.3 Å². The smallest absolute Gasteiger partial charge is 0.271 e. The van der Waals surface area contributed by atoms with Gasteiger partial charge in [-0.05, 0) is 30.3 Å². The van der Waals surface area contributed by atoms with Crippen LogP contribution in [0, 0.1) is 0 Å². The van der Waals surface area contributed by atoms with Gasteiger partial charge in [0.1, 0.15) is 5.69 Å². The molecule has 0 aliphatic rings. The van der Waals surface area contributed by atoms with Crippen molar-refractivity contribution in [3.8, 4) is 0 Å². The fraction of sp³-hybridized carbons (Fsp3) is 0.571. The summed E-state index contributed by atoms with van der Waals surface area (Å²) in [7, 11) is -1.76.